The van der Waals surface area contributed by atoms with E-state index < -0.39 is 0 Å². The molecule has 1 fully saturated rings. The van der Waals surface area contributed by atoms with Crippen LogP contribution in [0.15, 0.2) is 27.6 Å². The van der Waals surface area contributed by atoms with Crippen molar-refractivity contribution in [2.75, 3.05) is 18.8 Å². The quantitative estimate of drug-likeness (QED) is 0.796. The van der Waals surface area contributed by atoms with Gasteiger partial charge in [0.25, 0.3) is 0 Å². The standard InChI is InChI=1S/C13H16BrNOS/c1-10-8-11(14)4-5-12(10)17-9-13(16)15-6-2-3-7-15/h4-5,8H,2-3,6-7,9H2,1H3. The van der Waals surface area contributed by atoms with Crippen LogP contribution in [0.3, 0.4) is 0 Å². The highest BCUT2D eigenvalue weighted by Gasteiger charge is 2.17. The molecular weight excluding hydrogens is 298 g/mol. The summed E-state index contributed by atoms with van der Waals surface area (Å²) in [4.78, 5) is 15.1. The molecule has 1 aliphatic heterocycles. The summed E-state index contributed by atoms with van der Waals surface area (Å²) in [6, 6.07) is 6.18. The summed E-state index contributed by atoms with van der Waals surface area (Å²) in [5, 5.41) is 0. The van der Waals surface area contributed by atoms with E-state index in [2.05, 4.69) is 35.0 Å². The zero-order chi connectivity index (χ0) is 12.3. The summed E-state index contributed by atoms with van der Waals surface area (Å²) in [6.07, 6.45) is 2.32. The van der Waals surface area contributed by atoms with Crippen molar-refractivity contribution < 1.29 is 4.79 Å². The third-order valence-corrected chi connectivity index (χ3v) is 4.60. The highest BCUT2D eigenvalue weighted by molar-refractivity contribution is 9.10. The largest absolute Gasteiger partial charge is 0.342 e. The average molecular weight is 314 g/mol. The number of benzene rings is 1. The Bertz CT molecular complexity index is 416. The summed E-state index contributed by atoms with van der Waals surface area (Å²) >= 11 is 5.08. The Morgan fingerprint density at radius 3 is 2.76 bits per heavy atom. The van der Waals surface area contributed by atoms with Gasteiger partial charge in [-0.3, -0.25) is 4.79 Å². The Kier molecular flexibility index (Phi) is 4.51. The second kappa shape index (κ2) is 5.91. The van der Waals surface area contributed by atoms with Crippen LogP contribution in [0.1, 0.15) is 18.4 Å². The van der Waals surface area contributed by atoms with Gasteiger partial charge in [-0.05, 0) is 43.5 Å². The molecule has 17 heavy (non-hydrogen) atoms. The van der Waals surface area contributed by atoms with Gasteiger partial charge >= 0.3 is 0 Å². The first-order valence-electron chi connectivity index (χ1n) is 5.83. The molecule has 1 amide bonds. The zero-order valence-corrected chi connectivity index (χ0v) is 12.3. The van der Waals surface area contributed by atoms with Crippen molar-refractivity contribution in [3.8, 4) is 0 Å². The van der Waals surface area contributed by atoms with Crippen molar-refractivity contribution in [1.29, 1.82) is 0 Å². The summed E-state index contributed by atoms with van der Waals surface area (Å²) < 4.78 is 1.09. The van der Waals surface area contributed by atoms with Gasteiger partial charge in [0.15, 0.2) is 0 Å². The lowest BCUT2D eigenvalue weighted by Gasteiger charge is -2.15. The molecule has 4 heteroatoms. The number of halogens is 1. The molecule has 0 aromatic heterocycles. The van der Waals surface area contributed by atoms with E-state index >= 15 is 0 Å². The molecule has 1 heterocycles. The van der Waals surface area contributed by atoms with Gasteiger partial charge in [0.2, 0.25) is 5.91 Å². The van der Waals surface area contributed by atoms with E-state index in [0.717, 1.165) is 30.4 Å². The Labute approximate surface area is 115 Å². The topological polar surface area (TPSA) is 20.3 Å². The second-order valence-electron chi connectivity index (χ2n) is 4.29. The SMILES string of the molecule is Cc1cc(Br)ccc1SCC(=O)N1CCCC1. The molecule has 1 saturated heterocycles. The van der Waals surface area contributed by atoms with E-state index in [4.69, 9.17) is 0 Å². The maximum Gasteiger partial charge on any atom is 0.232 e. The lowest BCUT2D eigenvalue weighted by molar-refractivity contribution is -0.127. The fourth-order valence-electron chi connectivity index (χ4n) is 1.97. The van der Waals surface area contributed by atoms with Crippen LogP contribution < -0.4 is 0 Å². The zero-order valence-electron chi connectivity index (χ0n) is 9.91. The maximum atomic E-state index is 11.9. The first kappa shape index (κ1) is 13.0. The monoisotopic (exact) mass is 313 g/mol. The molecule has 1 aromatic carbocycles. The number of aryl methyl sites for hydroxylation is 1. The van der Waals surface area contributed by atoms with E-state index in [-0.39, 0.29) is 5.91 Å². The third kappa shape index (κ3) is 3.49. The van der Waals surface area contributed by atoms with E-state index in [0.29, 0.717) is 5.75 Å². The molecule has 0 bridgehead atoms. The Hall–Kier alpha value is -0.480. The number of rotatable bonds is 3. The van der Waals surface area contributed by atoms with Crippen molar-refractivity contribution in [3.05, 3.63) is 28.2 Å². The molecule has 1 aromatic rings. The number of carbonyl (C=O) groups excluding carboxylic acids is 1. The van der Waals surface area contributed by atoms with E-state index in [9.17, 15) is 4.79 Å². The number of nitrogens with zero attached hydrogens (tertiary/aromatic N) is 1. The molecule has 2 rings (SSSR count). The van der Waals surface area contributed by atoms with Crippen LogP contribution >= 0.6 is 27.7 Å². The van der Waals surface area contributed by atoms with Crippen molar-refractivity contribution in [2.45, 2.75) is 24.7 Å². The van der Waals surface area contributed by atoms with Gasteiger partial charge in [0, 0.05) is 22.5 Å². The Morgan fingerprint density at radius 2 is 2.12 bits per heavy atom. The fraction of sp³-hybridized carbons (Fsp3) is 0.462. The van der Waals surface area contributed by atoms with Crippen molar-refractivity contribution in [1.82, 2.24) is 4.90 Å². The summed E-state index contributed by atoms with van der Waals surface area (Å²) in [5.41, 5.74) is 1.22. The van der Waals surface area contributed by atoms with Gasteiger partial charge in [-0.25, -0.2) is 0 Å². The van der Waals surface area contributed by atoms with Crippen LogP contribution in [0.25, 0.3) is 0 Å². The molecule has 0 radical (unpaired) electrons. The number of thioether (sulfide) groups is 1. The Morgan fingerprint density at radius 1 is 1.41 bits per heavy atom. The minimum Gasteiger partial charge on any atom is -0.342 e. The third-order valence-electron chi connectivity index (χ3n) is 2.95. The van der Waals surface area contributed by atoms with Gasteiger partial charge in [-0.15, -0.1) is 11.8 Å². The molecule has 0 atom stereocenters. The number of amides is 1. The van der Waals surface area contributed by atoms with Gasteiger partial charge < -0.3 is 4.90 Å². The first-order valence-corrected chi connectivity index (χ1v) is 7.61. The Balaban J connectivity index is 1.90. The van der Waals surface area contributed by atoms with Crippen LogP contribution in [-0.2, 0) is 4.79 Å². The van der Waals surface area contributed by atoms with Gasteiger partial charge in [0.05, 0.1) is 5.75 Å². The van der Waals surface area contributed by atoms with E-state index in [1.165, 1.54) is 10.5 Å². The molecule has 92 valence electrons. The van der Waals surface area contributed by atoms with Gasteiger partial charge in [0.1, 0.15) is 0 Å². The molecule has 0 spiro atoms. The van der Waals surface area contributed by atoms with Gasteiger partial charge in [-0.2, -0.15) is 0 Å². The number of hydrogen-bond donors (Lipinski definition) is 0. The van der Waals surface area contributed by atoms with Crippen LogP contribution in [0.5, 0.6) is 0 Å². The minimum absolute atomic E-state index is 0.273. The number of carbonyl (C=O) groups is 1. The minimum atomic E-state index is 0.273. The van der Waals surface area contributed by atoms with Crippen molar-refractivity contribution in [2.24, 2.45) is 0 Å². The lowest BCUT2D eigenvalue weighted by atomic mass is 10.2. The molecule has 0 N–H and O–H groups in total. The highest BCUT2D eigenvalue weighted by Crippen LogP contribution is 2.25. The molecule has 0 aliphatic carbocycles. The van der Waals surface area contributed by atoms with E-state index in [1.54, 1.807) is 11.8 Å². The van der Waals surface area contributed by atoms with Crippen LogP contribution in [0.4, 0.5) is 0 Å². The fourth-order valence-corrected chi connectivity index (χ4v) is 3.36. The van der Waals surface area contributed by atoms with E-state index in [1.807, 2.05) is 11.0 Å². The predicted octanol–water partition coefficient (Wildman–Crippen LogP) is 3.47. The normalized spacial score (nSPS) is 15.3. The summed E-state index contributed by atoms with van der Waals surface area (Å²) in [5.74, 6) is 0.831. The predicted molar refractivity (Wildman–Crippen MR) is 75.4 cm³/mol. The molecule has 2 nitrogen and oxygen atoms in total. The molecule has 1 aliphatic rings. The van der Waals surface area contributed by atoms with Crippen LogP contribution in [0, 0.1) is 6.92 Å². The lowest BCUT2D eigenvalue weighted by Crippen LogP contribution is -2.29. The van der Waals surface area contributed by atoms with Gasteiger partial charge in [-0.1, -0.05) is 15.9 Å². The molecule has 0 saturated carbocycles. The second-order valence-corrected chi connectivity index (χ2v) is 6.22. The number of hydrogen-bond acceptors (Lipinski definition) is 2. The van der Waals surface area contributed by atoms with Crippen molar-refractivity contribution in [3.63, 3.8) is 0 Å². The highest BCUT2D eigenvalue weighted by atomic mass is 79.9. The summed E-state index contributed by atoms with van der Waals surface area (Å²) in [7, 11) is 0. The van der Waals surface area contributed by atoms with Crippen molar-refractivity contribution >= 4 is 33.6 Å². The first-order chi connectivity index (χ1) is 8.16. The average Bonchev–Trinajstić information content (AvgIpc) is 2.81. The van der Waals surface area contributed by atoms with Crippen LogP contribution in [0.2, 0.25) is 0 Å². The molecular formula is C13H16BrNOS. The van der Waals surface area contributed by atoms with Crippen LogP contribution in [-0.4, -0.2) is 29.6 Å². The maximum absolute atomic E-state index is 11.9. The molecule has 0 unspecified atom stereocenters. The number of likely N-dealkylation sites (tertiary alicyclic amines) is 1. The summed E-state index contributed by atoms with van der Waals surface area (Å²) in [6.45, 7) is 3.96. The smallest absolute Gasteiger partial charge is 0.232 e.